The van der Waals surface area contributed by atoms with E-state index in [0.29, 0.717) is 36.2 Å². The molecule has 1 heterocycles. The van der Waals surface area contributed by atoms with Crippen LogP contribution >= 0.6 is 0 Å². The van der Waals surface area contributed by atoms with Crippen LogP contribution in [-0.2, 0) is 20.7 Å². The van der Waals surface area contributed by atoms with Gasteiger partial charge in [0.15, 0.2) is 0 Å². The number of rotatable bonds is 17. The fourth-order valence-electron chi connectivity index (χ4n) is 5.13. The number of anilines is 1. The molecule has 0 saturated carbocycles. The largest absolute Gasteiger partial charge is 0.459 e. The van der Waals surface area contributed by atoms with Gasteiger partial charge in [0.05, 0.1) is 13.2 Å². The number of nitrogens with one attached hydrogen (secondary N) is 4. The van der Waals surface area contributed by atoms with Crippen molar-refractivity contribution in [2.24, 2.45) is 0 Å². The number of unbranched alkanes of at least 4 members (excludes halogenated alkanes) is 1. The van der Waals surface area contributed by atoms with Gasteiger partial charge in [-0.15, -0.1) is 0 Å². The van der Waals surface area contributed by atoms with Crippen molar-refractivity contribution < 1.29 is 23.1 Å². The minimum Gasteiger partial charge on any atom is -0.459 e. The lowest BCUT2D eigenvalue weighted by Crippen LogP contribution is -2.45. The SMILES string of the molecule is C=C(CCN(CNc1cc(C(F)F)c(/C(C=N)=C/NC)cc1CCCC)C(C)=O)NC1CCN(CC(=O)OC(C)(C)C)CC1. The summed E-state index contributed by atoms with van der Waals surface area (Å²) >= 11 is 0. The molecule has 0 spiro atoms. The van der Waals surface area contributed by atoms with E-state index >= 15 is 0 Å². The van der Waals surface area contributed by atoms with Crippen LogP contribution in [0.2, 0.25) is 0 Å². The van der Waals surface area contributed by atoms with Crippen LogP contribution in [0.3, 0.4) is 0 Å². The molecule has 2 rings (SSSR count). The second-order valence-electron chi connectivity index (χ2n) is 12.3. The van der Waals surface area contributed by atoms with Crippen molar-refractivity contribution in [2.45, 2.75) is 91.2 Å². The number of aryl methyl sites for hydroxylation is 1. The zero-order chi connectivity index (χ0) is 32.9. The van der Waals surface area contributed by atoms with Gasteiger partial charge in [-0.25, -0.2) is 8.78 Å². The highest BCUT2D eigenvalue weighted by Crippen LogP contribution is 2.33. The number of nitrogens with zero attached hydrogens (tertiary/aromatic N) is 2. The van der Waals surface area contributed by atoms with Crippen LogP contribution in [0.5, 0.6) is 0 Å². The van der Waals surface area contributed by atoms with Gasteiger partial charge >= 0.3 is 5.97 Å². The summed E-state index contributed by atoms with van der Waals surface area (Å²) in [4.78, 5) is 28.4. The van der Waals surface area contributed by atoms with Crippen LogP contribution in [0, 0.1) is 5.41 Å². The lowest BCUT2D eigenvalue weighted by atomic mass is 9.94. The lowest BCUT2D eigenvalue weighted by molar-refractivity contribution is -0.156. The summed E-state index contributed by atoms with van der Waals surface area (Å²) < 4.78 is 33.7. The zero-order valence-electron chi connectivity index (χ0n) is 27.3. The molecule has 4 N–H and O–H groups in total. The summed E-state index contributed by atoms with van der Waals surface area (Å²) in [5.74, 6) is -0.350. The Hall–Kier alpha value is -3.47. The molecule has 1 aliphatic heterocycles. The average molecular weight is 619 g/mol. The summed E-state index contributed by atoms with van der Waals surface area (Å²) in [6, 6.07) is 3.42. The van der Waals surface area contributed by atoms with Crippen LogP contribution in [-0.4, -0.2) is 79.4 Å². The number of carbonyl (C=O) groups is 2. The Morgan fingerprint density at radius 3 is 2.48 bits per heavy atom. The van der Waals surface area contributed by atoms with Crippen LogP contribution in [0.1, 0.15) is 89.8 Å². The third-order valence-corrected chi connectivity index (χ3v) is 7.43. The fourth-order valence-corrected chi connectivity index (χ4v) is 5.13. The number of likely N-dealkylation sites (tertiary alicyclic amines) is 1. The van der Waals surface area contributed by atoms with Crippen LogP contribution in [0.25, 0.3) is 5.57 Å². The fraction of sp³-hybridized carbons (Fsp3) is 0.606. The van der Waals surface area contributed by atoms with E-state index in [1.54, 1.807) is 18.0 Å². The molecule has 11 heteroatoms. The molecule has 0 atom stereocenters. The molecular weight excluding hydrogens is 566 g/mol. The van der Waals surface area contributed by atoms with Crippen molar-refractivity contribution >= 4 is 29.4 Å². The highest BCUT2D eigenvalue weighted by Gasteiger charge is 2.24. The minimum absolute atomic E-state index is 0.135. The van der Waals surface area contributed by atoms with Crippen molar-refractivity contribution in [3.05, 3.63) is 47.3 Å². The Labute approximate surface area is 262 Å². The summed E-state index contributed by atoms with van der Waals surface area (Å²) in [6.07, 6.45) is 4.65. The Morgan fingerprint density at radius 2 is 1.93 bits per heavy atom. The first-order valence-corrected chi connectivity index (χ1v) is 15.5. The monoisotopic (exact) mass is 618 g/mol. The number of halogens is 2. The molecule has 1 aromatic rings. The van der Waals surface area contributed by atoms with E-state index in [-0.39, 0.29) is 36.7 Å². The second-order valence-corrected chi connectivity index (χ2v) is 12.3. The summed E-state index contributed by atoms with van der Waals surface area (Å²) in [5, 5.41) is 17.3. The molecule has 0 bridgehead atoms. The molecule has 1 amide bonds. The average Bonchev–Trinajstić information content (AvgIpc) is 2.94. The normalized spacial score (nSPS) is 14.7. The van der Waals surface area contributed by atoms with E-state index in [1.165, 1.54) is 19.2 Å². The third kappa shape index (κ3) is 12.3. The molecule has 246 valence electrons. The number of amides is 1. The maximum absolute atomic E-state index is 14.1. The topological polar surface area (TPSA) is 110 Å². The van der Waals surface area contributed by atoms with Gasteiger partial charge in [0.1, 0.15) is 5.60 Å². The Balaban J connectivity index is 2.00. The van der Waals surface area contributed by atoms with Crippen molar-refractivity contribution in [3.63, 3.8) is 0 Å². The number of allylic oxidation sites excluding steroid dienone is 1. The number of esters is 1. The zero-order valence-corrected chi connectivity index (χ0v) is 27.3. The number of benzene rings is 1. The van der Waals surface area contributed by atoms with Gasteiger partial charge in [0, 0.05) is 81.0 Å². The molecule has 1 aromatic carbocycles. The Bertz CT molecular complexity index is 1160. The van der Waals surface area contributed by atoms with E-state index in [9.17, 15) is 18.4 Å². The summed E-state index contributed by atoms with van der Waals surface area (Å²) in [5.41, 5.74) is 2.28. The van der Waals surface area contributed by atoms with Gasteiger partial charge in [0.25, 0.3) is 6.43 Å². The van der Waals surface area contributed by atoms with Crippen molar-refractivity contribution in [1.29, 1.82) is 5.41 Å². The van der Waals surface area contributed by atoms with E-state index in [2.05, 4.69) is 34.4 Å². The summed E-state index contributed by atoms with van der Waals surface area (Å²) in [7, 11) is 1.66. The molecule has 9 nitrogen and oxygen atoms in total. The third-order valence-electron chi connectivity index (χ3n) is 7.43. The van der Waals surface area contributed by atoms with Gasteiger partial charge in [-0.05, 0) is 69.7 Å². The van der Waals surface area contributed by atoms with Crippen LogP contribution in [0.4, 0.5) is 14.5 Å². The van der Waals surface area contributed by atoms with Crippen LogP contribution < -0.4 is 16.0 Å². The second kappa shape index (κ2) is 17.7. The minimum atomic E-state index is -2.73. The first kappa shape index (κ1) is 36.7. The highest BCUT2D eigenvalue weighted by molar-refractivity contribution is 6.09. The maximum atomic E-state index is 14.1. The van der Waals surface area contributed by atoms with E-state index < -0.39 is 12.0 Å². The molecule has 1 saturated heterocycles. The maximum Gasteiger partial charge on any atom is 0.320 e. The quantitative estimate of drug-likeness (QED) is 0.101. The molecule has 0 aliphatic carbocycles. The van der Waals surface area contributed by atoms with E-state index in [1.807, 2.05) is 20.8 Å². The number of alkyl halides is 2. The van der Waals surface area contributed by atoms with Gasteiger partial charge in [-0.3, -0.25) is 14.5 Å². The predicted octanol–water partition coefficient (Wildman–Crippen LogP) is 5.69. The molecule has 0 unspecified atom stereocenters. The van der Waals surface area contributed by atoms with Crippen molar-refractivity contribution in [3.8, 4) is 0 Å². The van der Waals surface area contributed by atoms with E-state index in [4.69, 9.17) is 10.1 Å². The predicted molar refractivity (Wildman–Crippen MR) is 174 cm³/mol. The molecule has 0 radical (unpaired) electrons. The molecule has 1 fully saturated rings. The highest BCUT2D eigenvalue weighted by atomic mass is 19.3. The smallest absolute Gasteiger partial charge is 0.320 e. The first-order valence-electron chi connectivity index (χ1n) is 15.5. The van der Waals surface area contributed by atoms with E-state index in [0.717, 1.165) is 56.2 Å². The van der Waals surface area contributed by atoms with Gasteiger partial charge < -0.3 is 31.0 Å². The standard InChI is InChI=1S/C33H52F2N6O3/c1-8-9-10-25-17-28(26(19-36)20-37-7)29(32(34)35)18-30(25)38-22-41(24(3)42)16-11-23(2)39-27-12-14-40(15-13-27)21-31(43)44-33(4,5)6/h17-20,27,32,36-39H,2,8-16,21-22H2,1,3-7H3/b26-20+,36-19?. The number of carbonyl (C=O) groups excluding carboxylic acids is 2. The first-order chi connectivity index (χ1) is 20.8. The Morgan fingerprint density at radius 1 is 1.25 bits per heavy atom. The lowest BCUT2D eigenvalue weighted by Gasteiger charge is -2.33. The number of hydrogen-bond acceptors (Lipinski definition) is 8. The number of ether oxygens (including phenoxy) is 1. The van der Waals surface area contributed by atoms with Gasteiger partial charge in [-0.2, -0.15) is 0 Å². The number of hydrogen-bond donors (Lipinski definition) is 4. The Kier molecular flexibility index (Phi) is 14.8. The van der Waals surface area contributed by atoms with Gasteiger partial charge in [-0.1, -0.05) is 19.9 Å². The molecule has 1 aliphatic rings. The molecule has 0 aromatic heterocycles. The van der Waals surface area contributed by atoms with Crippen molar-refractivity contribution in [2.75, 3.05) is 45.2 Å². The molecular formula is C33H52F2N6O3. The van der Waals surface area contributed by atoms with Crippen molar-refractivity contribution in [1.82, 2.24) is 20.4 Å². The molecule has 44 heavy (non-hydrogen) atoms. The van der Waals surface area contributed by atoms with Crippen LogP contribution in [0.15, 0.2) is 30.6 Å². The number of piperidine rings is 1. The summed E-state index contributed by atoms with van der Waals surface area (Å²) in [6.45, 7) is 15.7. The van der Waals surface area contributed by atoms with Gasteiger partial charge in [0.2, 0.25) is 5.91 Å².